The minimum atomic E-state index is -4.84. The number of nitrogens with zero attached hydrogens (tertiary/aromatic N) is 4. The smallest absolute Gasteiger partial charge is 0.269 e. The fourth-order valence-corrected chi connectivity index (χ4v) is 11.1. The molecule has 0 bridgehead atoms. The summed E-state index contributed by atoms with van der Waals surface area (Å²) in [6, 6.07) is 28.7. The maximum Gasteiger partial charge on any atom is 0.269 e. The number of imidazole rings is 1. The zero-order chi connectivity index (χ0) is 90.6. The number of aromatic nitrogens is 4. The van der Waals surface area contributed by atoms with Crippen molar-refractivity contribution < 1.29 is 60.0 Å². The van der Waals surface area contributed by atoms with Gasteiger partial charge in [0.2, 0.25) is 0 Å². The molecule has 0 spiro atoms. The van der Waals surface area contributed by atoms with Gasteiger partial charge < -0.3 is 4.74 Å². The quantitative estimate of drug-likeness (QED) is 0.107. The van der Waals surface area contributed by atoms with Crippen LogP contribution in [0.25, 0.3) is 83.4 Å². The third-order valence-electron chi connectivity index (χ3n) is 15.7. The van der Waals surface area contributed by atoms with Gasteiger partial charge in [0.1, 0.15) is 17.3 Å². The Balaban J connectivity index is 1.15. The number of benzene rings is 8. The Morgan fingerprint density at radius 1 is 0.571 bits per heavy atom. The number of para-hydroxylation sites is 3. The molecule has 8 aromatic carbocycles. The molecule has 1 atom stereocenters. The topological polar surface area (TPSA) is 35.9 Å². The van der Waals surface area contributed by atoms with Crippen LogP contribution in [-0.2, 0) is 32.5 Å². The number of hydrogen-bond donors (Lipinski definition) is 0. The van der Waals surface area contributed by atoms with Crippen LogP contribution in [0.5, 0.6) is 11.5 Å². The van der Waals surface area contributed by atoms with Crippen molar-refractivity contribution in [3.63, 3.8) is 0 Å². The van der Waals surface area contributed by atoms with Crippen LogP contribution in [-0.4, -0.2) is 14.1 Å². The van der Waals surface area contributed by atoms with Crippen LogP contribution in [0.3, 0.4) is 0 Å². The van der Waals surface area contributed by atoms with Gasteiger partial charge in [0.25, 0.3) is 6.33 Å². The first-order chi connectivity index (χ1) is 55.0. The highest BCUT2D eigenvalue weighted by Gasteiger charge is 2.40. The Morgan fingerprint density at radius 2 is 1.21 bits per heavy atom. The minimum Gasteiger partial charge on any atom is -0.458 e. The van der Waals surface area contributed by atoms with Gasteiger partial charge in [-0.3, -0.25) is 13.7 Å². The molecule has 5 heteroatoms. The van der Waals surface area contributed by atoms with Crippen LogP contribution in [0.2, 0.25) is 0 Å². The fraction of sp³-hybridized carbons (Fsp3) is 0.316. The maximum absolute atomic E-state index is 10.5. The predicted molar refractivity (Wildman–Crippen MR) is 351 cm³/mol. The molecule has 0 radical (unpaired) electrons. The van der Waals surface area contributed by atoms with Crippen LogP contribution in [0.15, 0.2) is 182 Å². The zero-order valence-corrected chi connectivity index (χ0v) is 47.1. The van der Waals surface area contributed by atoms with E-state index in [1.54, 1.807) is 30.5 Å². The van der Waals surface area contributed by atoms with Gasteiger partial charge in [0.05, 0.1) is 41.7 Å². The Hall–Kier alpha value is -8.02. The number of rotatable bonds is 9. The van der Waals surface area contributed by atoms with Gasteiger partial charge in [-0.1, -0.05) is 212 Å². The van der Waals surface area contributed by atoms with Crippen LogP contribution in [0, 0.1) is 6.33 Å². The Morgan fingerprint density at radius 3 is 1.90 bits per heavy atom. The molecule has 0 aliphatic heterocycles. The first kappa shape index (κ1) is 27.3. The van der Waals surface area contributed by atoms with Crippen molar-refractivity contribution in [2.45, 2.75) is 161 Å². The summed E-state index contributed by atoms with van der Waals surface area (Å²) < 4.78 is 358. The summed E-state index contributed by atoms with van der Waals surface area (Å²) in [6.45, 7) is -18.5. The molecule has 3 aromatic heterocycles. The summed E-state index contributed by atoms with van der Waals surface area (Å²) in [5, 5.41) is 1.70. The summed E-state index contributed by atoms with van der Waals surface area (Å²) in [6.07, 6.45) is -17.9. The summed E-state index contributed by atoms with van der Waals surface area (Å²) in [7, 11) is 0. The number of pyridine rings is 1. The molecule has 0 fully saturated rings. The lowest BCUT2D eigenvalue weighted by Gasteiger charge is -2.43. The average Bonchev–Trinajstić information content (AvgIpc) is 0.642. The van der Waals surface area contributed by atoms with Gasteiger partial charge in [-0.15, -0.1) is 0 Å². The van der Waals surface area contributed by atoms with Crippen molar-refractivity contribution in [2.75, 3.05) is 0 Å². The van der Waals surface area contributed by atoms with E-state index in [4.69, 9.17) is 38.5 Å². The molecule has 2 aliphatic carbocycles. The van der Waals surface area contributed by atoms with Crippen molar-refractivity contribution in [1.82, 2.24) is 14.1 Å². The number of ether oxygens (including phenoxy) is 1. The van der Waals surface area contributed by atoms with Gasteiger partial charge >= 0.3 is 0 Å². The van der Waals surface area contributed by atoms with E-state index >= 15 is 0 Å². The lowest BCUT2D eigenvalue weighted by molar-refractivity contribution is -0.571. The van der Waals surface area contributed by atoms with Crippen molar-refractivity contribution in [1.29, 1.82) is 0 Å². The fourth-order valence-electron chi connectivity index (χ4n) is 11.1. The van der Waals surface area contributed by atoms with E-state index in [0.717, 1.165) is 61.3 Å². The van der Waals surface area contributed by atoms with E-state index in [1.807, 2.05) is 41.0 Å². The highest BCUT2D eigenvalue weighted by molar-refractivity contribution is 6.10. The summed E-state index contributed by atoms with van der Waals surface area (Å²) >= 11 is 0. The molecule has 84 heavy (non-hydrogen) atoms. The third-order valence-corrected chi connectivity index (χ3v) is 15.7. The lowest BCUT2D eigenvalue weighted by Crippen LogP contribution is -2.35. The van der Waals surface area contributed by atoms with E-state index in [9.17, 15) is 21.9 Å². The van der Waals surface area contributed by atoms with Gasteiger partial charge in [0.15, 0.2) is 0 Å². The van der Waals surface area contributed by atoms with Crippen molar-refractivity contribution in [2.24, 2.45) is 0 Å². The van der Waals surface area contributed by atoms with Crippen molar-refractivity contribution in [3.05, 3.63) is 222 Å². The standard InChI is InChI=1S/C79H82N4O/c1-15-79(14)42-41-78(12,13)67-46-54(29-36-65(67)79)61-23-19-22-60(53-28-35-64-66(45-53)77(10,11)40-39-76(64,8)9)73(61)82-50-81(69-24-16-17-25-70(69)82)57-20-18-21-58(48-57)84-59-33-34-62-63-44-52(51-26-31-55(32-27-51)74(2,3)4)30-37-68(63)83(71(62)49-59)72-47-56(38-43-80-72)75(5,6)7/h16-38,43-49H,15,39-42H2,1-14H3/i8D3,9D3,10D3,11D3,12D3,13D3,14D3,15D2,28D,29D,35D,36D,39D2,40D2,41D2,42D2,45D,46D. The molecule has 5 nitrogen and oxygen atoms in total. The highest BCUT2D eigenvalue weighted by atomic mass is 16.5. The van der Waals surface area contributed by atoms with Gasteiger partial charge in [-0.05, 0) is 186 Å². The molecule has 0 saturated carbocycles. The molecule has 1 unspecified atom stereocenters. The lowest BCUT2D eigenvalue weighted by atomic mass is 9.61. The third kappa shape index (κ3) is 9.47. The molecule has 0 N–H and O–H groups in total. The van der Waals surface area contributed by atoms with Crippen LogP contribution >= 0.6 is 0 Å². The molecule has 2 aliphatic rings. The van der Waals surface area contributed by atoms with Crippen molar-refractivity contribution >= 4 is 32.8 Å². The molecule has 11 aromatic rings. The van der Waals surface area contributed by atoms with E-state index in [0.29, 0.717) is 18.3 Å². The molecule has 13 rings (SSSR count). The second-order valence-corrected chi connectivity index (χ2v) is 23.5. The monoisotopic (exact) mass is 1140 g/mol. The normalized spacial score (nSPS) is 27.4. The van der Waals surface area contributed by atoms with Crippen LogP contribution in [0.4, 0.5) is 0 Å². The largest absolute Gasteiger partial charge is 0.458 e. The summed E-state index contributed by atoms with van der Waals surface area (Å²) in [5.41, 5.74) is -25.4. The second kappa shape index (κ2) is 19.8. The van der Waals surface area contributed by atoms with Crippen LogP contribution in [0.1, 0.15) is 212 Å². The van der Waals surface area contributed by atoms with E-state index in [2.05, 4.69) is 78.2 Å². The Labute approximate surface area is 551 Å². The van der Waals surface area contributed by atoms with Crippen molar-refractivity contribution in [3.8, 4) is 62.1 Å². The molecule has 0 amide bonds. The Bertz CT molecular complexity index is 5830. The second-order valence-electron chi connectivity index (χ2n) is 23.5. The van der Waals surface area contributed by atoms with E-state index < -0.39 is 188 Å². The van der Waals surface area contributed by atoms with Gasteiger partial charge in [0, 0.05) is 65.5 Å². The maximum atomic E-state index is 10.5. The SMILES string of the molecule is [2H]c1c([2H])c2c(c([2H])c1-c1cccc(-c3c([2H])c([2H])c4c(c3[2H])C(C([2H])([2H])[2H])(C([2H])([2H])[2H])C([2H])([2H])C([2H])([2H])C4(C([2H])([2H])[2H])C([2H])([2H])C)c1-[n+]1[c-]n(-c3cccc(Oc4ccc5c6cc(-c7ccc(C(C)(C)C)cc7)ccc6n(-c6cc(C(C)(C)C)ccn6)c5c4)c3)c3ccccc31)C(C([2H])([2H])[2H])(C([2H])([2H])[2H])C([2H])([2H])C([2H])([2H])C2(C([2H])([2H])[2H])C([2H])([2H])[2H]. The molecule has 424 valence electrons. The van der Waals surface area contributed by atoms with Crippen LogP contribution < -0.4 is 9.30 Å². The van der Waals surface area contributed by atoms with Gasteiger partial charge in [-0.25, -0.2) is 4.98 Å². The molecule has 3 heterocycles. The Kier molecular flexibility index (Phi) is 6.44. The molecule has 0 saturated heterocycles. The average molecular weight is 1140 g/mol. The first-order valence-corrected chi connectivity index (χ1v) is 27.3. The van der Waals surface area contributed by atoms with E-state index in [-0.39, 0.29) is 39.0 Å². The summed E-state index contributed by atoms with van der Waals surface area (Å²) in [5.74, 6) is 1.02. The predicted octanol–water partition coefficient (Wildman–Crippen LogP) is 20.7. The summed E-state index contributed by atoms with van der Waals surface area (Å²) in [4.78, 5) is 4.89. The molecular formula is C79H82N4O. The van der Waals surface area contributed by atoms with E-state index in [1.165, 1.54) is 34.9 Å². The number of fused-ring (bicyclic) bond motifs is 6. The number of hydrogen-bond acceptors (Lipinski definition) is 2. The first-order valence-electron chi connectivity index (χ1n) is 45.8. The molecular weight excluding hydrogens is 1020 g/mol. The minimum absolute atomic E-state index is 0.0692. The zero-order valence-electron chi connectivity index (χ0n) is 84.1. The van der Waals surface area contributed by atoms with Gasteiger partial charge in [-0.2, -0.15) is 0 Å². The highest BCUT2D eigenvalue weighted by Crippen LogP contribution is 2.51.